The number of ether oxygens (including phenoxy) is 1. The average molecular weight is 244 g/mol. The Labute approximate surface area is 91.0 Å². The minimum atomic E-state index is -3.18. The Balaban J connectivity index is 3.66. The van der Waals surface area contributed by atoms with Gasteiger partial charge in [-0.05, 0) is 12.8 Å². The number of hydrogen-bond donors (Lipinski definition) is 1. The molecule has 0 aromatic carbocycles. The summed E-state index contributed by atoms with van der Waals surface area (Å²) in [5.41, 5.74) is 0. The second-order valence-corrected chi connectivity index (χ2v) is 5.54. The van der Waals surface area contributed by atoms with Crippen molar-refractivity contribution in [1.29, 1.82) is 0 Å². The van der Waals surface area contributed by atoms with Gasteiger partial charge in [0, 0.05) is 19.0 Å². The van der Waals surface area contributed by atoms with Crippen LogP contribution in [0.3, 0.4) is 0 Å². The highest BCUT2D eigenvalue weighted by atomic mass is 35.5. The second-order valence-electron chi connectivity index (χ2n) is 3.00. The summed E-state index contributed by atoms with van der Waals surface area (Å²) < 4.78 is 29.6. The molecule has 0 aromatic heterocycles. The third-order valence-corrected chi connectivity index (χ3v) is 3.65. The van der Waals surface area contributed by atoms with E-state index in [9.17, 15) is 8.42 Å². The minimum absolute atomic E-state index is 0.00256. The van der Waals surface area contributed by atoms with Gasteiger partial charge in [-0.25, -0.2) is 13.1 Å². The van der Waals surface area contributed by atoms with Crippen LogP contribution in [-0.2, 0) is 14.8 Å². The molecule has 1 unspecified atom stereocenters. The van der Waals surface area contributed by atoms with E-state index in [2.05, 4.69) is 9.46 Å². The zero-order valence-corrected chi connectivity index (χ0v) is 10.2. The van der Waals surface area contributed by atoms with Crippen molar-refractivity contribution in [3.05, 3.63) is 0 Å². The van der Waals surface area contributed by atoms with E-state index >= 15 is 0 Å². The van der Waals surface area contributed by atoms with Crippen LogP contribution in [0, 0.1) is 0 Å². The van der Waals surface area contributed by atoms with Crippen molar-refractivity contribution >= 4 is 21.6 Å². The normalized spacial score (nSPS) is 14.2. The van der Waals surface area contributed by atoms with Crippen LogP contribution in [0.5, 0.6) is 0 Å². The largest absolute Gasteiger partial charge is 0.384 e. The number of rotatable bonds is 8. The summed E-state index contributed by atoms with van der Waals surface area (Å²) in [6, 6.07) is 0. The van der Waals surface area contributed by atoms with Gasteiger partial charge in [0.15, 0.2) is 0 Å². The van der Waals surface area contributed by atoms with E-state index in [0.29, 0.717) is 13.0 Å². The highest BCUT2D eigenvalue weighted by Crippen LogP contribution is 2.04. The molecular weight excluding hydrogens is 226 g/mol. The summed E-state index contributed by atoms with van der Waals surface area (Å²) in [4.78, 5) is 0. The van der Waals surface area contributed by atoms with Crippen LogP contribution in [0.4, 0.5) is 0 Å². The molecule has 0 radical (unpaired) electrons. The van der Waals surface area contributed by atoms with Crippen molar-refractivity contribution in [3.63, 3.8) is 0 Å². The summed E-state index contributed by atoms with van der Waals surface area (Å²) in [5, 5.41) is 0.0418. The summed E-state index contributed by atoms with van der Waals surface area (Å²) in [6.45, 7) is 2.58. The van der Waals surface area contributed by atoms with Crippen LogP contribution in [0.1, 0.15) is 19.8 Å². The van der Waals surface area contributed by atoms with Gasteiger partial charge in [0.2, 0.25) is 10.0 Å². The van der Waals surface area contributed by atoms with E-state index in [1.165, 1.54) is 7.11 Å². The van der Waals surface area contributed by atoms with Crippen LogP contribution >= 0.6 is 11.6 Å². The Morgan fingerprint density at radius 2 is 2.14 bits per heavy atom. The van der Waals surface area contributed by atoms with Crippen molar-refractivity contribution < 1.29 is 13.2 Å². The lowest BCUT2D eigenvalue weighted by atomic mass is 10.2. The minimum Gasteiger partial charge on any atom is -0.384 e. The Morgan fingerprint density at radius 1 is 1.50 bits per heavy atom. The van der Waals surface area contributed by atoms with Crippen LogP contribution in [0.2, 0.25) is 0 Å². The maximum absolute atomic E-state index is 11.2. The van der Waals surface area contributed by atoms with Gasteiger partial charge in [-0.1, -0.05) is 6.92 Å². The Hall–Kier alpha value is 0.160. The highest BCUT2D eigenvalue weighted by molar-refractivity contribution is 7.89. The first kappa shape index (κ1) is 14.2. The molecule has 0 rings (SSSR count). The van der Waals surface area contributed by atoms with Crippen LogP contribution < -0.4 is 4.72 Å². The number of hydrogen-bond acceptors (Lipinski definition) is 3. The molecule has 0 amide bonds. The molecule has 0 aliphatic heterocycles. The van der Waals surface area contributed by atoms with Crippen molar-refractivity contribution in [3.8, 4) is 0 Å². The van der Waals surface area contributed by atoms with E-state index in [0.717, 1.165) is 6.42 Å². The molecule has 0 aliphatic rings. The first-order valence-corrected chi connectivity index (χ1v) is 6.71. The van der Waals surface area contributed by atoms with E-state index in [1.807, 2.05) is 6.92 Å². The first-order chi connectivity index (χ1) is 6.52. The van der Waals surface area contributed by atoms with Crippen molar-refractivity contribution in [2.24, 2.45) is 0 Å². The van der Waals surface area contributed by atoms with Gasteiger partial charge in [0.25, 0.3) is 0 Å². The van der Waals surface area contributed by atoms with Gasteiger partial charge in [-0.2, -0.15) is 0 Å². The molecule has 0 saturated carbocycles. The summed E-state index contributed by atoms with van der Waals surface area (Å²) in [6.07, 6.45) is 1.51. The predicted octanol–water partition coefficient (Wildman–Crippen LogP) is 0.960. The lowest BCUT2D eigenvalue weighted by molar-refractivity contribution is 0.217. The molecule has 1 atom stereocenters. The summed E-state index contributed by atoms with van der Waals surface area (Å²) in [7, 11) is -1.71. The molecule has 14 heavy (non-hydrogen) atoms. The Bertz CT molecular complexity index is 231. The van der Waals surface area contributed by atoms with Gasteiger partial charge < -0.3 is 4.74 Å². The molecular formula is C8H18ClNO3S. The zero-order valence-electron chi connectivity index (χ0n) is 8.62. The van der Waals surface area contributed by atoms with Crippen LogP contribution in [-0.4, -0.2) is 39.8 Å². The number of sulfonamides is 1. The Kier molecular flexibility index (Phi) is 7.54. The molecule has 0 aliphatic carbocycles. The molecule has 0 saturated heterocycles. The first-order valence-electron chi connectivity index (χ1n) is 4.62. The zero-order chi connectivity index (χ0) is 11.0. The van der Waals surface area contributed by atoms with Gasteiger partial charge >= 0.3 is 0 Å². The number of methoxy groups -OCH3 is 1. The summed E-state index contributed by atoms with van der Waals surface area (Å²) in [5.74, 6) is 0.00256. The predicted molar refractivity (Wildman–Crippen MR) is 58.2 cm³/mol. The fourth-order valence-corrected chi connectivity index (χ4v) is 1.91. The molecule has 6 heteroatoms. The third kappa shape index (κ3) is 7.55. The monoisotopic (exact) mass is 243 g/mol. The van der Waals surface area contributed by atoms with Gasteiger partial charge in [0.1, 0.15) is 0 Å². The van der Waals surface area contributed by atoms with Gasteiger partial charge in [0.05, 0.1) is 12.4 Å². The molecule has 0 aromatic rings. The standard InChI is InChI=1S/C8H18ClNO3S/c1-3-8(9)4-5-10-14(11,12)7-6-13-2/h8,10H,3-7H2,1-2H3. The second kappa shape index (κ2) is 7.45. The van der Waals surface area contributed by atoms with Crippen LogP contribution in [0.25, 0.3) is 0 Å². The number of nitrogens with one attached hydrogen (secondary N) is 1. The number of halogens is 1. The molecule has 1 N–H and O–H groups in total. The van der Waals surface area contributed by atoms with Gasteiger partial charge in [-0.15, -0.1) is 11.6 Å². The van der Waals surface area contributed by atoms with E-state index in [4.69, 9.17) is 11.6 Å². The quantitative estimate of drug-likeness (QED) is 0.646. The fraction of sp³-hybridized carbons (Fsp3) is 1.00. The van der Waals surface area contributed by atoms with Crippen molar-refractivity contribution in [1.82, 2.24) is 4.72 Å². The SMILES string of the molecule is CCC(Cl)CCNS(=O)(=O)CCOC. The third-order valence-electron chi connectivity index (χ3n) is 1.78. The van der Waals surface area contributed by atoms with Crippen molar-refractivity contribution in [2.45, 2.75) is 25.1 Å². The average Bonchev–Trinajstić information content (AvgIpc) is 2.14. The number of alkyl halides is 1. The molecule has 0 heterocycles. The maximum atomic E-state index is 11.2. The molecule has 0 spiro atoms. The van der Waals surface area contributed by atoms with E-state index in [1.54, 1.807) is 0 Å². The highest BCUT2D eigenvalue weighted by Gasteiger charge is 2.09. The lowest BCUT2D eigenvalue weighted by Gasteiger charge is -2.08. The fourth-order valence-electron chi connectivity index (χ4n) is 0.840. The summed E-state index contributed by atoms with van der Waals surface area (Å²) >= 11 is 5.84. The van der Waals surface area contributed by atoms with E-state index in [-0.39, 0.29) is 17.7 Å². The molecule has 4 nitrogen and oxygen atoms in total. The van der Waals surface area contributed by atoms with Crippen LogP contribution in [0.15, 0.2) is 0 Å². The van der Waals surface area contributed by atoms with Crippen molar-refractivity contribution in [2.75, 3.05) is 26.0 Å². The topological polar surface area (TPSA) is 55.4 Å². The van der Waals surface area contributed by atoms with E-state index < -0.39 is 10.0 Å². The molecule has 0 bridgehead atoms. The van der Waals surface area contributed by atoms with Gasteiger partial charge in [-0.3, -0.25) is 0 Å². The smallest absolute Gasteiger partial charge is 0.213 e. The Morgan fingerprint density at radius 3 is 2.64 bits per heavy atom. The maximum Gasteiger partial charge on any atom is 0.213 e. The lowest BCUT2D eigenvalue weighted by Crippen LogP contribution is -2.30. The molecule has 86 valence electrons. The molecule has 0 fully saturated rings.